The molecule has 1 aliphatic carbocycles. The fourth-order valence-corrected chi connectivity index (χ4v) is 3.89. The molecule has 0 radical (unpaired) electrons. The molecule has 1 fully saturated rings. The van der Waals surface area contributed by atoms with Crippen LogP contribution in [0.4, 0.5) is 0 Å². The van der Waals surface area contributed by atoms with Gasteiger partial charge in [0, 0.05) is 18.6 Å². The summed E-state index contributed by atoms with van der Waals surface area (Å²) in [4.78, 5) is 2.74. The first kappa shape index (κ1) is 19.0. The zero-order chi connectivity index (χ0) is 15.7. The van der Waals surface area contributed by atoms with Crippen LogP contribution < -0.4 is 5.32 Å². The zero-order valence-electron chi connectivity index (χ0n) is 15.3. The van der Waals surface area contributed by atoms with Gasteiger partial charge in [0.2, 0.25) is 0 Å². The second kappa shape index (κ2) is 10.6. The fraction of sp³-hybridized carbons (Fsp3) is 1.00. The van der Waals surface area contributed by atoms with Gasteiger partial charge in [0.05, 0.1) is 0 Å². The van der Waals surface area contributed by atoms with E-state index in [0.717, 1.165) is 24.4 Å². The maximum absolute atomic E-state index is 3.76. The molecule has 2 heteroatoms. The molecule has 0 aliphatic heterocycles. The van der Waals surface area contributed by atoms with Gasteiger partial charge in [-0.15, -0.1) is 0 Å². The summed E-state index contributed by atoms with van der Waals surface area (Å²) in [7, 11) is 0. The van der Waals surface area contributed by atoms with E-state index in [-0.39, 0.29) is 0 Å². The smallest absolute Gasteiger partial charge is 0.0108 e. The monoisotopic (exact) mass is 296 g/mol. The Hall–Kier alpha value is -0.0800. The maximum Gasteiger partial charge on any atom is 0.0108 e. The Kier molecular flexibility index (Phi) is 9.59. The maximum atomic E-state index is 3.76. The van der Waals surface area contributed by atoms with Crippen molar-refractivity contribution in [1.29, 1.82) is 0 Å². The van der Waals surface area contributed by atoms with E-state index in [9.17, 15) is 0 Å². The topological polar surface area (TPSA) is 15.3 Å². The van der Waals surface area contributed by atoms with Crippen molar-refractivity contribution in [2.24, 2.45) is 11.8 Å². The van der Waals surface area contributed by atoms with Crippen LogP contribution in [0.25, 0.3) is 0 Å². The molecule has 1 N–H and O–H groups in total. The van der Waals surface area contributed by atoms with Gasteiger partial charge in [0.25, 0.3) is 0 Å². The molecular weight excluding hydrogens is 256 g/mol. The Bertz CT molecular complexity index is 252. The average molecular weight is 297 g/mol. The van der Waals surface area contributed by atoms with E-state index in [1.807, 2.05) is 0 Å². The molecule has 1 saturated carbocycles. The van der Waals surface area contributed by atoms with E-state index in [1.165, 1.54) is 58.0 Å². The predicted octanol–water partition coefficient (Wildman–Crippen LogP) is 4.69. The highest BCUT2D eigenvalue weighted by Gasteiger charge is 2.30. The molecule has 3 atom stereocenters. The van der Waals surface area contributed by atoms with Crippen molar-refractivity contribution in [1.82, 2.24) is 10.2 Å². The van der Waals surface area contributed by atoms with Gasteiger partial charge in [0.1, 0.15) is 0 Å². The van der Waals surface area contributed by atoms with Gasteiger partial charge in [-0.05, 0) is 64.5 Å². The molecule has 0 aromatic carbocycles. The van der Waals surface area contributed by atoms with Crippen LogP contribution in [0, 0.1) is 11.8 Å². The summed E-state index contributed by atoms with van der Waals surface area (Å²) >= 11 is 0. The minimum atomic E-state index is 0.686. The third kappa shape index (κ3) is 6.69. The van der Waals surface area contributed by atoms with Gasteiger partial charge < -0.3 is 10.2 Å². The largest absolute Gasteiger partial charge is 0.314 e. The molecule has 3 unspecified atom stereocenters. The van der Waals surface area contributed by atoms with Crippen molar-refractivity contribution >= 4 is 0 Å². The molecule has 0 amide bonds. The molecule has 0 aromatic heterocycles. The molecule has 21 heavy (non-hydrogen) atoms. The molecule has 1 aliphatic rings. The van der Waals surface area contributed by atoms with Crippen LogP contribution in [-0.4, -0.2) is 36.6 Å². The normalized spacial score (nSPS) is 26.7. The lowest BCUT2D eigenvalue weighted by Gasteiger charge is -2.40. The number of rotatable bonds is 10. The number of nitrogens with one attached hydrogen (secondary N) is 1. The summed E-state index contributed by atoms with van der Waals surface area (Å²) in [5, 5.41) is 3.76. The van der Waals surface area contributed by atoms with Gasteiger partial charge in [-0.3, -0.25) is 0 Å². The van der Waals surface area contributed by atoms with Gasteiger partial charge in [-0.25, -0.2) is 0 Å². The second-order valence-electron chi connectivity index (χ2n) is 7.31. The zero-order valence-corrected chi connectivity index (χ0v) is 15.3. The van der Waals surface area contributed by atoms with Crippen LogP contribution in [0.2, 0.25) is 0 Å². The highest BCUT2D eigenvalue weighted by molar-refractivity contribution is 4.86. The summed E-state index contributed by atoms with van der Waals surface area (Å²) < 4.78 is 0. The third-order valence-electron chi connectivity index (χ3n) is 5.38. The Morgan fingerprint density at radius 1 is 1.10 bits per heavy atom. The summed E-state index contributed by atoms with van der Waals surface area (Å²) in [6.45, 7) is 15.4. The molecule has 0 saturated heterocycles. The first-order chi connectivity index (χ1) is 10.1. The quantitative estimate of drug-likeness (QED) is 0.588. The van der Waals surface area contributed by atoms with Crippen molar-refractivity contribution in [3.05, 3.63) is 0 Å². The van der Waals surface area contributed by atoms with E-state index in [2.05, 4.69) is 44.8 Å². The highest BCUT2D eigenvalue weighted by atomic mass is 15.1. The van der Waals surface area contributed by atoms with E-state index in [1.54, 1.807) is 0 Å². The molecule has 0 aromatic rings. The number of hydrogen-bond donors (Lipinski definition) is 1. The van der Waals surface area contributed by atoms with Crippen molar-refractivity contribution in [2.75, 3.05) is 19.6 Å². The van der Waals surface area contributed by atoms with Crippen molar-refractivity contribution in [3.8, 4) is 0 Å². The number of nitrogens with zero attached hydrogens (tertiary/aromatic N) is 1. The number of unbranched alkanes of at least 4 members (excludes halogenated alkanes) is 2. The third-order valence-corrected chi connectivity index (χ3v) is 5.38. The molecule has 1 rings (SSSR count). The molecule has 0 heterocycles. The summed E-state index contributed by atoms with van der Waals surface area (Å²) in [5.74, 6) is 1.82. The Balaban J connectivity index is 2.57. The van der Waals surface area contributed by atoms with Crippen LogP contribution in [0.15, 0.2) is 0 Å². The Morgan fingerprint density at radius 3 is 2.43 bits per heavy atom. The molecule has 0 spiro atoms. The summed E-state index contributed by atoms with van der Waals surface area (Å²) in [5.41, 5.74) is 0. The molecule has 0 bridgehead atoms. The van der Waals surface area contributed by atoms with Crippen LogP contribution in [0.3, 0.4) is 0 Å². The van der Waals surface area contributed by atoms with Crippen LogP contribution >= 0.6 is 0 Å². The van der Waals surface area contributed by atoms with Crippen molar-refractivity contribution in [2.45, 2.75) is 91.6 Å². The first-order valence-corrected chi connectivity index (χ1v) is 9.59. The van der Waals surface area contributed by atoms with Crippen molar-refractivity contribution in [3.63, 3.8) is 0 Å². The number of hydrogen-bond acceptors (Lipinski definition) is 2. The predicted molar refractivity (Wildman–Crippen MR) is 94.8 cm³/mol. The van der Waals surface area contributed by atoms with Gasteiger partial charge in [0.15, 0.2) is 0 Å². The lowest BCUT2D eigenvalue weighted by molar-refractivity contribution is 0.117. The van der Waals surface area contributed by atoms with E-state index >= 15 is 0 Å². The van der Waals surface area contributed by atoms with E-state index in [0.29, 0.717) is 6.04 Å². The van der Waals surface area contributed by atoms with Gasteiger partial charge >= 0.3 is 0 Å². The average Bonchev–Trinajstić information content (AvgIpc) is 2.48. The van der Waals surface area contributed by atoms with E-state index < -0.39 is 0 Å². The first-order valence-electron chi connectivity index (χ1n) is 9.59. The minimum Gasteiger partial charge on any atom is -0.314 e. The molecule has 2 nitrogen and oxygen atoms in total. The highest BCUT2D eigenvalue weighted by Crippen LogP contribution is 2.32. The summed E-state index contributed by atoms with van der Waals surface area (Å²) in [6.07, 6.45) is 9.69. The van der Waals surface area contributed by atoms with Gasteiger partial charge in [-0.2, -0.15) is 0 Å². The fourth-order valence-electron chi connectivity index (χ4n) is 3.89. The standard InChI is InChI=1S/C19H40N2/c1-6-9-10-13-21(16(4)5)15-18-14-17(7-2)11-12-19(18)20-8-3/h16-20H,6-15H2,1-5H3. The van der Waals surface area contributed by atoms with Crippen molar-refractivity contribution < 1.29 is 0 Å². The second-order valence-corrected chi connectivity index (χ2v) is 7.31. The molecule has 126 valence electrons. The molecular formula is C19H40N2. The van der Waals surface area contributed by atoms with Crippen LogP contribution in [-0.2, 0) is 0 Å². The summed E-state index contributed by atoms with van der Waals surface area (Å²) in [6, 6.07) is 1.44. The van der Waals surface area contributed by atoms with Gasteiger partial charge in [-0.1, -0.05) is 40.0 Å². The lowest BCUT2D eigenvalue weighted by atomic mass is 9.76. The Morgan fingerprint density at radius 2 is 1.86 bits per heavy atom. The SMILES string of the molecule is CCCCCN(CC1CC(CC)CCC1NCC)C(C)C. The van der Waals surface area contributed by atoms with E-state index in [4.69, 9.17) is 0 Å². The minimum absolute atomic E-state index is 0.686. The lowest BCUT2D eigenvalue weighted by Crippen LogP contribution is -2.47. The van der Waals surface area contributed by atoms with Crippen LogP contribution in [0.1, 0.15) is 79.6 Å². The van der Waals surface area contributed by atoms with Crippen LogP contribution in [0.5, 0.6) is 0 Å². The Labute approximate surface area is 134 Å².